The number of aliphatic hydroxyl groups excluding tert-OH is 3. The lowest BCUT2D eigenvalue weighted by Crippen LogP contribution is -2.64. The zero-order valence-electron chi connectivity index (χ0n) is 6.06. The Balaban J connectivity index is 2.64. The molecule has 0 aromatic heterocycles. The molecule has 0 unspecified atom stereocenters. The fourth-order valence-electron chi connectivity index (χ4n) is 1.16. The summed E-state index contributed by atoms with van der Waals surface area (Å²) in [4.78, 5) is 0. The van der Waals surface area contributed by atoms with Gasteiger partial charge in [0.05, 0.1) is 12.7 Å². The van der Waals surface area contributed by atoms with E-state index in [4.69, 9.17) is 10.2 Å². The van der Waals surface area contributed by atoms with Crippen molar-refractivity contribution in [3.05, 3.63) is 0 Å². The molecule has 1 aliphatic heterocycles. The molecule has 0 radical (unpaired) electrons. The summed E-state index contributed by atoms with van der Waals surface area (Å²) in [5, 5.41) is 39.0. The molecule has 66 valence electrons. The Morgan fingerprint density at radius 2 is 2.09 bits per heavy atom. The van der Waals surface area contributed by atoms with Crippen LogP contribution in [0.15, 0.2) is 0 Å². The molecule has 5 heteroatoms. The number of β-amino-alcohol motifs (C(OH)–C–C–N with tert-alkyl or cyclic N) is 2. The number of nitrogens with one attached hydrogen (secondary N) is 1. The number of aliphatic hydroxyl groups is 4. The summed E-state index contributed by atoms with van der Waals surface area (Å²) in [7, 11) is 0. The standard InChI is InChI=1S/C6H13NO4/c8-3-6(11)2-7-1-4(9)5(6)10/h4-5,7-11H,1-3H2/t4-,5+,6-/m1/s1. The van der Waals surface area contributed by atoms with Crippen LogP contribution in [0.4, 0.5) is 0 Å². The molecule has 0 saturated carbocycles. The molecule has 0 aromatic rings. The van der Waals surface area contributed by atoms with Crippen molar-refractivity contribution in [2.75, 3.05) is 19.7 Å². The van der Waals surface area contributed by atoms with E-state index >= 15 is 0 Å². The van der Waals surface area contributed by atoms with Crippen molar-refractivity contribution in [2.24, 2.45) is 0 Å². The maximum Gasteiger partial charge on any atom is 0.128 e. The molecule has 0 amide bonds. The molecule has 1 heterocycles. The van der Waals surface area contributed by atoms with Crippen molar-refractivity contribution in [1.29, 1.82) is 0 Å². The van der Waals surface area contributed by atoms with Gasteiger partial charge in [0.15, 0.2) is 0 Å². The Hall–Kier alpha value is -0.200. The van der Waals surface area contributed by atoms with E-state index in [2.05, 4.69) is 5.32 Å². The summed E-state index contributed by atoms with van der Waals surface area (Å²) in [6.45, 7) is -0.219. The molecular formula is C6H13NO4. The predicted octanol–water partition coefficient (Wildman–Crippen LogP) is -2.97. The minimum absolute atomic E-state index is 0.0989. The Morgan fingerprint density at radius 3 is 2.55 bits per heavy atom. The van der Waals surface area contributed by atoms with Crippen molar-refractivity contribution >= 4 is 0 Å². The maximum absolute atomic E-state index is 9.40. The molecule has 11 heavy (non-hydrogen) atoms. The zero-order chi connectivity index (χ0) is 8.48. The highest BCUT2D eigenvalue weighted by atomic mass is 16.4. The third-order valence-electron chi connectivity index (χ3n) is 1.97. The van der Waals surface area contributed by atoms with Crippen LogP contribution in [0, 0.1) is 0 Å². The Morgan fingerprint density at radius 1 is 1.45 bits per heavy atom. The van der Waals surface area contributed by atoms with Crippen molar-refractivity contribution < 1.29 is 20.4 Å². The highest BCUT2D eigenvalue weighted by Crippen LogP contribution is 2.15. The largest absolute Gasteiger partial charge is 0.393 e. The maximum atomic E-state index is 9.40. The molecule has 1 fully saturated rings. The van der Waals surface area contributed by atoms with Gasteiger partial charge in [0.2, 0.25) is 0 Å². The van der Waals surface area contributed by atoms with Gasteiger partial charge < -0.3 is 25.7 Å². The normalized spacial score (nSPS) is 45.8. The van der Waals surface area contributed by atoms with Crippen LogP contribution < -0.4 is 5.32 Å². The van der Waals surface area contributed by atoms with E-state index in [9.17, 15) is 10.2 Å². The topological polar surface area (TPSA) is 93.0 Å². The van der Waals surface area contributed by atoms with E-state index in [1.807, 2.05) is 0 Å². The highest BCUT2D eigenvalue weighted by molar-refractivity contribution is 4.96. The lowest BCUT2D eigenvalue weighted by Gasteiger charge is -2.38. The van der Waals surface area contributed by atoms with E-state index in [-0.39, 0.29) is 13.1 Å². The van der Waals surface area contributed by atoms with Gasteiger partial charge in [-0.05, 0) is 0 Å². The van der Waals surface area contributed by atoms with Crippen LogP contribution in [-0.4, -0.2) is 57.9 Å². The number of hydrogen-bond acceptors (Lipinski definition) is 5. The second-order valence-corrected chi connectivity index (χ2v) is 2.90. The predicted molar refractivity (Wildman–Crippen MR) is 36.9 cm³/mol. The van der Waals surface area contributed by atoms with Gasteiger partial charge in [0.1, 0.15) is 11.7 Å². The van der Waals surface area contributed by atoms with Crippen LogP contribution in [0.1, 0.15) is 0 Å². The number of hydrogen-bond donors (Lipinski definition) is 5. The van der Waals surface area contributed by atoms with Crippen LogP contribution in [0.25, 0.3) is 0 Å². The SMILES string of the molecule is OC[C@]1(O)CNC[C@@H](O)[C@@H]1O. The van der Waals surface area contributed by atoms with E-state index < -0.39 is 24.4 Å². The first kappa shape index (κ1) is 8.89. The quantitative estimate of drug-likeness (QED) is 0.285. The summed E-state index contributed by atoms with van der Waals surface area (Å²) >= 11 is 0. The van der Waals surface area contributed by atoms with E-state index in [1.54, 1.807) is 0 Å². The minimum Gasteiger partial charge on any atom is -0.393 e. The van der Waals surface area contributed by atoms with Crippen molar-refractivity contribution in [1.82, 2.24) is 5.32 Å². The van der Waals surface area contributed by atoms with Crippen molar-refractivity contribution in [2.45, 2.75) is 17.8 Å². The first-order valence-electron chi connectivity index (χ1n) is 3.50. The number of rotatable bonds is 1. The van der Waals surface area contributed by atoms with Gasteiger partial charge in [-0.25, -0.2) is 0 Å². The van der Waals surface area contributed by atoms with Crippen LogP contribution in [0.2, 0.25) is 0 Å². The Kier molecular flexibility index (Phi) is 2.46. The van der Waals surface area contributed by atoms with Gasteiger partial charge in [0, 0.05) is 13.1 Å². The fraction of sp³-hybridized carbons (Fsp3) is 1.00. The molecule has 5 N–H and O–H groups in total. The molecule has 0 bridgehead atoms. The lowest BCUT2D eigenvalue weighted by molar-refractivity contribution is -0.158. The molecule has 0 spiro atoms. The van der Waals surface area contributed by atoms with Crippen LogP contribution >= 0.6 is 0 Å². The van der Waals surface area contributed by atoms with Gasteiger partial charge in [-0.2, -0.15) is 0 Å². The first-order chi connectivity index (χ1) is 5.10. The molecule has 3 atom stereocenters. The van der Waals surface area contributed by atoms with E-state index in [0.717, 1.165) is 0 Å². The van der Waals surface area contributed by atoms with Gasteiger partial charge in [-0.3, -0.25) is 0 Å². The second kappa shape index (κ2) is 3.04. The minimum atomic E-state index is -1.60. The lowest BCUT2D eigenvalue weighted by atomic mass is 9.90. The molecule has 0 aliphatic carbocycles. The molecule has 1 saturated heterocycles. The highest BCUT2D eigenvalue weighted by Gasteiger charge is 2.42. The summed E-state index contributed by atoms with van der Waals surface area (Å²) < 4.78 is 0. The van der Waals surface area contributed by atoms with Crippen molar-refractivity contribution in [3.63, 3.8) is 0 Å². The molecule has 5 nitrogen and oxygen atoms in total. The fourth-order valence-corrected chi connectivity index (χ4v) is 1.16. The summed E-state index contributed by atoms with van der Waals surface area (Å²) in [5.74, 6) is 0. The smallest absolute Gasteiger partial charge is 0.128 e. The van der Waals surface area contributed by atoms with Gasteiger partial charge in [0.25, 0.3) is 0 Å². The number of piperidine rings is 1. The Labute approximate surface area is 64.3 Å². The third-order valence-corrected chi connectivity index (χ3v) is 1.97. The molecule has 1 rings (SSSR count). The van der Waals surface area contributed by atoms with Gasteiger partial charge >= 0.3 is 0 Å². The van der Waals surface area contributed by atoms with Crippen LogP contribution in [0.3, 0.4) is 0 Å². The van der Waals surface area contributed by atoms with E-state index in [0.29, 0.717) is 0 Å². The summed E-state index contributed by atoms with van der Waals surface area (Å²) in [6, 6.07) is 0. The van der Waals surface area contributed by atoms with Gasteiger partial charge in [-0.1, -0.05) is 0 Å². The summed E-state index contributed by atoms with van der Waals surface area (Å²) in [6.07, 6.45) is -2.28. The molecule has 0 aromatic carbocycles. The average molecular weight is 163 g/mol. The monoisotopic (exact) mass is 163 g/mol. The second-order valence-electron chi connectivity index (χ2n) is 2.90. The van der Waals surface area contributed by atoms with Crippen LogP contribution in [-0.2, 0) is 0 Å². The Bertz CT molecular complexity index is 143. The van der Waals surface area contributed by atoms with E-state index in [1.165, 1.54) is 0 Å². The molecular weight excluding hydrogens is 150 g/mol. The van der Waals surface area contributed by atoms with Gasteiger partial charge in [-0.15, -0.1) is 0 Å². The molecule has 1 aliphatic rings. The van der Waals surface area contributed by atoms with Crippen LogP contribution in [0.5, 0.6) is 0 Å². The zero-order valence-corrected chi connectivity index (χ0v) is 6.06. The summed E-state index contributed by atoms with van der Waals surface area (Å²) in [5.41, 5.74) is -1.60. The van der Waals surface area contributed by atoms with Crippen molar-refractivity contribution in [3.8, 4) is 0 Å². The average Bonchev–Trinajstić information content (AvgIpc) is 2.00. The third kappa shape index (κ3) is 1.52. The first-order valence-corrected chi connectivity index (χ1v) is 3.50.